The molecule has 2 atom stereocenters. The molecule has 27 heavy (non-hydrogen) atoms. The average molecular weight is 388 g/mol. The second-order valence-electron chi connectivity index (χ2n) is 6.97. The molecule has 1 saturated carbocycles. The Hall–Kier alpha value is -2.20. The summed E-state index contributed by atoms with van der Waals surface area (Å²) in [7, 11) is 0. The van der Waals surface area contributed by atoms with Crippen LogP contribution >= 0.6 is 0 Å². The Bertz CT molecular complexity index is 525. The predicted octanol–water partition coefficient (Wildman–Crippen LogP) is -1.38. The van der Waals surface area contributed by atoms with Crippen LogP contribution in [-0.2, 0) is 28.7 Å². The van der Waals surface area contributed by atoms with Gasteiger partial charge in [0.2, 0.25) is 11.8 Å². The molecule has 0 aliphatic heterocycles. The van der Waals surface area contributed by atoms with E-state index in [9.17, 15) is 29.4 Å². The predicted molar refractivity (Wildman–Crippen MR) is 92.2 cm³/mol. The summed E-state index contributed by atoms with van der Waals surface area (Å²) in [5.74, 6) is -3.14. The zero-order valence-corrected chi connectivity index (χ0v) is 16.0. The van der Waals surface area contributed by atoms with E-state index in [0.717, 1.165) is 0 Å². The van der Waals surface area contributed by atoms with Gasteiger partial charge >= 0.3 is 11.9 Å². The van der Waals surface area contributed by atoms with Gasteiger partial charge in [-0.15, -0.1) is 0 Å². The van der Waals surface area contributed by atoms with Crippen LogP contribution in [-0.4, -0.2) is 71.5 Å². The van der Waals surface area contributed by atoms with Gasteiger partial charge in [-0.3, -0.25) is 9.59 Å². The minimum absolute atomic E-state index is 0.208. The number of amides is 2. The molecule has 0 saturated heterocycles. The van der Waals surface area contributed by atoms with E-state index < -0.39 is 66.7 Å². The van der Waals surface area contributed by atoms with Crippen LogP contribution in [0.3, 0.4) is 0 Å². The third-order valence-corrected chi connectivity index (χ3v) is 3.87. The smallest absolute Gasteiger partial charge is 0.331 e. The van der Waals surface area contributed by atoms with Gasteiger partial charge in [0.15, 0.2) is 12.1 Å². The van der Waals surface area contributed by atoms with Crippen molar-refractivity contribution in [2.45, 2.75) is 64.8 Å². The summed E-state index contributed by atoms with van der Waals surface area (Å²) in [4.78, 5) is 48.7. The number of rotatable bonds is 10. The Balaban J connectivity index is 2.74. The molecule has 1 rings (SSSR count). The lowest BCUT2D eigenvalue weighted by Gasteiger charge is -2.23. The first kappa shape index (κ1) is 22.8. The van der Waals surface area contributed by atoms with Crippen LogP contribution in [0.15, 0.2) is 0 Å². The summed E-state index contributed by atoms with van der Waals surface area (Å²) in [6, 6.07) is -2.60. The number of aliphatic hydroxyl groups is 2. The van der Waals surface area contributed by atoms with Crippen LogP contribution < -0.4 is 10.6 Å². The Morgan fingerprint density at radius 2 is 1.15 bits per heavy atom. The van der Waals surface area contributed by atoms with Crippen molar-refractivity contribution in [3.8, 4) is 0 Å². The van der Waals surface area contributed by atoms with Gasteiger partial charge in [0.25, 0.3) is 0 Å². The molecular formula is C17H28N2O8. The van der Waals surface area contributed by atoms with Crippen molar-refractivity contribution in [3.05, 3.63) is 0 Å². The van der Waals surface area contributed by atoms with E-state index >= 15 is 0 Å². The second-order valence-corrected chi connectivity index (χ2v) is 6.97. The van der Waals surface area contributed by atoms with Crippen LogP contribution in [0.1, 0.15) is 40.5 Å². The van der Waals surface area contributed by atoms with Crippen LogP contribution in [0, 0.1) is 5.41 Å². The quantitative estimate of drug-likeness (QED) is 0.264. The summed E-state index contributed by atoms with van der Waals surface area (Å²) in [5.41, 5.74) is -1.46. The zero-order valence-electron chi connectivity index (χ0n) is 16.0. The van der Waals surface area contributed by atoms with Gasteiger partial charge in [-0.2, -0.15) is 0 Å². The molecule has 0 unspecified atom stereocenters. The average Bonchev–Trinajstić information content (AvgIpc) is 3.37. The Kier molecular flexibility index (Phi) is 8.17. The van der Waals surface area contributed by atoms with Crippen LogP contribution in [0.5, 0.6) is 0 Å². The maximum absolute atomic E-state index is 12.5. The minimum Gasteiger partial charge on any atom is -0.461 e. The van der Waals surface area contributed by atoms with Crippen molar-refractivity contribution < 1.29 is 38.9 Å². The normalized spacial score (nSPS) is 17.0. The molecule has 0 aromatic carbocycles. The lowest BCUT2D eigenvalue weighted by atomic mass is 10.0. The van der Waals surface area contributed by atoms with E-state index in [1.807, 2.05) is 0 Å². The molecule has 1 fully saturated rings. The maximum atomic E-state index is 12.5. The minimum atomic E-state index is -1.46. The maximum Gasteiger partial charge on any atom is 0.331 e. The Morgan fingerprint density at radius 3 is 1.37 bits per heavy atom. The standard InChI is InChI=1S/C17H28N2O8/c1-9(2)26-13(22)11(7-20)18-15(24)17(5-6-17)16(25)19-12(8-21)14(23)27-10(3)4/h9-12,20-21H,5-8H2,1-4H3,(H,18,24)(H,19,25)/t11-,12-/m1/s1. The summed E-state index contributed by atoms with van der Waals surface area (Å²) in [6.45, 7) is 5.11. The SMILES string of the molecule is CC(C)OC(=O)[C@@H](CO)NC(=O)C1(C(=O)N[C@H](CO)C(=O)OC(C)C)CC1. The number of carbonyl (C=O) groups is 4. The van der Waals surface area contributed by atoms with E-state index in [-0.39, 0.29) is 12.8 Å². The largest absolute Gasteiger partial charge is 0.461 e. The van der Waals surface area contributed by atoms with Crippen molar-refractivity contribution in [2.75, 3.05) is 13.2 Å². The fourth-order valence-electron chi connectivity index (χ4n) is 2.26. The third-order valence-electron chi connectivity index (χ3n) is 3.87. The highest BCUT2D eigenvalue weighted by Crippen LogP contribution is 2.46. The molecule has 0 spiro atoms. The molecular weight excluding hydrogens is 360 g/mol. The van der Waals surface area contributed by atoms with Gasteiger partial charge in [0.1, 0.15) is 5.41 Å². The van der Waals surface area contributed by atoms with Crippen molar-refractivity contribution in [2.24, 2.45) is 5.41 Å². The highest BCUT2D eigenvalue weighted by Gasteiger charge is 2.57. The summed E-state index contributed by atoms with van der Waals surface area (Å²) in [6.07, 6.45) is -0.448. The van der Waals surface area contributed by atoms with Crippen molar-refractivity contribution >= 4 is 23.8 Å². The molecule has 1 aliphatic rings. The fraction of sp³-hybridized carbons (Fsp3) is 0.765. The molecule has 10 nitrogen and oxygen atoms in total. The van der Waals surface area contributed by atoms with Crippen molar-refractivity contribution in [3.63, 3.8) is 0 Å². The summed E-state index contributed by atoms with van der Waals surface area (Å²) in [5, 5.41) is 23.2. The highest BCUT2D eigenvalue weighted by atomic mass is 16.5. The number of hydrogen-bond donors (Lipinski definition) is 4. The number of hydrogen-bond acceptors (Lipinski definition) is 8. The second kappa shape index (κ2) is 9.65. The number of ether oxygens (including phenoxy) is 2. The molecule has 1 aliphatic carbocycles. The van der Waals surface area contributed by atoms with E-state index in [1.54, 1.807) is 27.7 Å². The number of carbonyl (C=O) groups excluding carboxylic acids is 4. The summed E-state index contributed by atoms with van der Waals surface area (Å²) >= 11 is 0. The molecule has 154 valence electrons. The molecule has 0 aromatic rings. The Morgan fingerprint density at radius 1 is 0.815 bits per heavy atom. The van der Waals surface area contributed by atoms with Gasteiger partial charge in [0.05, 0.1) is 25.4 Å². The van der Waals surface area contributed by atoms with Gasteiger partial charge in [-0.25, -0.2) is 9.59 Å². The molecule has 0 heterocycles. The van der Waals surface area contributed by atoms with E-state index in [0.29, 0.717) is 0 Å². The number of aliphatic hydroxyl groups excluding tert-OH is 2. The zero-order chi connectivity index (χ0) is 20.8. The molecule has 4 N–H and O–H groups in total. The van der Waals surface area contributed by atoms with Gasteiger partial charge in [-0.05, 0) is 40.5 Å². The third kappa shape index (κ3) is 6.17. The van der Waals surface area contributed by atoms with E-state index in [1.165, 1.54) is 0 Å². The van der Waals surface area contributed by atoms with Gasteiger partial charge < -0.3 is 30.3 Å². The van der Waals surface area contributed by atoms with E-state index in [4.69, 9.17) is 9.47 Å². The number of esters is 2. The van der Waals surface area contributed by atoms with Gasteiger partial charge in [-0.1, -0.05) is 0 Å². The Labute approximate surface area is 157 Å². The topological polar surface area (TPSA) is 151 Å². The van der Waals surface area contributed by atoms with Crippen LogP contribution in [0.4, 0.5) is 0 Å². The first-order valence-electron chi connectivity index (χ1n) is 8.82. The first-order valence-corrected chi connectivity index (χ1v) is 8.82. The van der Waals surface area contributed by atoms with Crippen molar-refractivity contribution in [1.82, 2.24) is 10.6 Å². The molecule has 0 aromatic heterocycles. The molecule has 10 heteroatoms. The molecule has 2 amide bonds. The molecule has 0 bridgehead atoms. The lowest BCUT2D eigenvalue weighted by Crippen LogP contribution is -2.54. The first-order chi connectivity index (χ1) is 12.6. The highest BCUT2D eigenvalue weighted by molar-refractivity contribution is 6.09. The van der Waals surface area contributed by atoms with Crippen molar-refractivity contribution in [1.29, 1.82) is 0 Å². The monoisotopic (exact) mass is 388 g/mol. The summed E-state index contributed by atoms with van der Waals surface area (Å²) < 4.78 is 9.88. The number of nitrogens with one attached hydrogen (secondary N) is 2. The van der Waals surface area contributed by atoms with Gasteiger partial charge in [0, 0.05) is 0 Å². The lowest BCUT2D eigenvalue weighted by molar-refractivity contribution is -0.155. The van der Waals surface area contributed by atoms with Crippen LogP contribution in [0.25, 0.3) is 0 Å². The van der Waals surface area contributed by atoms with Crippen LogP contribution in [0.2, 0.25) is 0 Å². The van der Waals surface area contributed by atoms with E-state index in [2.05, 4.69) is 10.6 Å². The molecule has 0 radical (unpaired) electrons. The fourth-order valence-corrected chi connectivity index (χ4v) is 2.26.